The highest BCUT2D eigenvalue weighted by Crippen LogP contribution is 2.33. The van der Waals surface area contributed by atoms with Crippen molar-refractivity contribution in [2.75, 3.05) is 7.11 Å². The number of halogens is 3. The van der Waals surface area contributed by atoms with E-state index in [0.717, 1.165) is 13.2 Å². The van der Waals surface area contributed by atoms with E-state index in [4.69, 9.17) is 9.47 Å². The smallest absolute Gasteiger partial charge is 0.433 e. The molecule has 29 heavy (non-hydrogen) atoms. The van der Waals surface area contributed by atoms with Gasteiger partial charge >= 0.3 is 12.1 Å². The number of methoxy groups -OCH3 is 1. The van der Waals surface area contributed by atoms with Crippen LogP contribution >= 0.6 is 0 Å². The number of aldehydes is 1. The minimum Gasteiger partial charge on any atom is -0.489 e. The monoisotopic (exact) mass is 411 g/mol. The molecule has 1 atom stereocenters. The molecule has 9 heteroatoms. The van der Waals surface area contributed by atoms with E-state index in [2.05, 4.69) is 9.72 Å². The first-order valence-corrected chi connectivity index (χ1v) is 8.65. The van der Waals surface area contributed by atoms with Crippen LogP contribution in [0.5, 0.6) is 11.6 Å². The number of carbonyl (C=O) groups is 2. The highest BCUT2D eigenvalue weighted by molar-refractivity contribution is 5.94. The summed E-state index contributed by atoms with van der Waals surface area (Å²) in [5.74, 6) is -2.25. The number of hydrogen-bond donors (Lipinski definition) is 0. The fraction of sp³-hybridized carbons (Fsp3) is 0.350. The third-order valence-corrected chi connectivity index (χ3v) is 3.80. The Hall–Kier alpha value is -3.10. The molecule has 0 spiro atoms. The van der Waals surface area contributed by atoms with Crippen LogP contribution in [0.2, 0.25) is 0 Å². The predicted octanol–water partition coefficient (Wildman–Crippen LogP) is 3.92. The van der Waals surface area contributed by atoms with Crippen molar-refractivity contribution in [3.8, 4) is 11.6 Å². The molecule has 2 rings (SSSR count). The number of carbonyl (C=O) groups excluding carboxylic acids is 2. The van der Waals surface area contributed by atoms with E-state index in [-0.39, 0.29) is 24.3 Å². The van der Waals surface area contributed by atoms with Gasteiger partial charge in [-0.2, -0.15) is 13.2 Å². The lowest BCUT2D eigenvalue weighted by Crippen LogP contribution is -2.18. The van der Waals surface area contributed by atoms with Gasteiger partial charge in [-0.25, -0.2) is 4.98 Å². The number of nitrogens with zero attached hydrogens (tertiary/aromatic N) is 1. The average molecular weight is 411 g/mol. The maximum Gasteiger partial charge on any atom is 0.433 e. The van der Waals surface area contributed by atoms with Crippen molar-refractivity contribution in [3.05, 3.63) is 53.2 Å². The Labute approximate surface area is 165 Å². The summed E-state index contributed by atoms with van der Waals surface area (Å²) in [6, 6.07) is 8.44. The van der Waals surface area contributed by atoms with Crippen LogP contribution in [-0.4, -0.2) is 30.5 Å². The van der Waals surface area contributed by atoms with Gasteiger partial charge in [0, 0.05) is 12.1 Å². The fourth-order valence-corrected chi connectivity index (χ4v) is 2.52. The van der Waals surface area contributed by atoms with E-state index in [1.54, 1.807) is 38.1 Å². The number of alkyl halides is 3. The van der Waals surface area contributed by atoms with E-state index in [0.29, 0.717) is 17.4 Å². The molecule has 0 fully saturated rings. The molecule has 0 radical (unpaired) electrons. The molecule has 0 saturated carbocycles. The van der Waals surface area contributed by atoms with Gasteiger partial charge in [-0.05, 0) is 25.0 Å². The second-order valence-corrected chi connectivity index (χ2v) is 6.32. The summed E-state index contributed by atoms with van der Waals surface area (Å²) >= 11 is 0. The Morgan fingerprint density at radius 2 is 1.90 bits per heavy atom. The van der Waals surface area contributed by atoms with Gasteiger partial charge in [0.2, 0.25) is 5.88 Å². The molecular formula is C20H20F3NO5. The molecule has 0 aliphatic carbocycles. The van der Waals surface area contributed by atoms with Crippen LogP contribution in [0.3, 0.4) is 0 Å². The lowest BCUT2D eigenvalue weighted by molar-refractivity contribution is -0.144. The molecule has 0 N–H and O–H groups in total. The van der Waals surface area contributed by atoms with Gasteiger partial charge in [0.05, 0.1) is 13.2 Å². The van der Waals surface area contributed by atoms with Crippen LogP contribution in [0.4, 0.5) is 13.2 Å². The molecule has 0 saturated heterocycles. The maximum atomic E-state index is 13.1. The normalized spacial score (nSPS) is 12.4. The molecule has 0 aliphatic rings. The summed E-state index contributed by atoms with van der Waals surface area (Å²) in [7, 11) is 1.16. The number of esters is 1. The first kappa shape index (κ1) is 22.2. The maximum absolute atomic E-state index is 13.1. The Kier molecular flexibility index (Phi) is 7.19. The summed E-state index contributed by atoms with van der Waals surface area (Å²) in [6.45, 7) is 3.14. The van der Waals surface area contributed by atoms with Crippen LogP contribution in [0, 0.1) is 0 Å². The van der Waals surface area contributed by atoms with Crippen molar-refractivity contribution in [2.45, 2.75) is 38.7 Å². The Morgan fingerprint density at radius 3 is 2.48 bits per heavy atom. The van der Waals surface area contributed by atoms with Crippen molar-refractivity contribution in [1.29, 1.82) is 0 Å². The summed E-state index contributed by atoms with van der Waals surface area (Å²) in [4.78, 5) is 26.6. The number of rotatable bonds is 8. The van der Waals surface area contributed by atoms with Gasteiger partial charge in [-0.15, -0.1) is 0 Å². The molecule has 6 nitrogen and oxygen atoms in total. The van der Waals surface area contributed by atoms with Gasteiger partial charge in [0.25, 0.3) is 0 Å². The van der Waals surface area contributed by atoms with Gasteiger partial charge in [-0.1, -0.05) is 24.3 Å². The molecule has 2 aromatic rings. The van der Waals surface area contributed by atoms with E-state index >= 15 is 0 Å². The number of benzene rings is 1. The average Bonchev–Trinajstić information content (AvgIpc) is 2.66. The fourth-order valence-electron chi connectivity index (χ4n) is 2.52. The number of aromatic nitrogens is 1. The van der Waals surface area contributed by atoms with E-state index < -0.39 is 23.8 Å². The Balaban J connectivity index is 2.32. The van der Waals surface area contributed by atoms with Crippen molar-refractivity contribution in [3.63, 3.8) is 0 Å². The highest BCUT2D eigenvalue weighted by atomic mass is 19.4. The molecule has 0 bridgehead atoms. The van der Waals surface area contributed by atoms with Crippen LogP contribution in [-0.2, 0) is 27.1 Å². The quantitative estimate of drug-likeness (QED) is 0.372. The standard InChI is InChI=1S/C20H20F3NO5/c1-12(2)29-18-9-14(8-17(24-18)20(21,22)23)28-11-13-6-4-5-7-15(13)16(10-25)19(26)27-3/h4-10,12,16H,11H2,1-3H3. The SMILES string of the molecule is COC(=O)C(C=O)c1ccccc1COc1cc(OC(C)C)nc(C(F)(F)F)c1. The van der Waals surface area contributed by atoms with Gasteiger partial charge in [0.15, 0.2) is 5.69 Å². The lowest BCUT2D eigenvalue weighted by Gasteiger charge is -2.16. The van der Waals surface area contributed by atoms with Crippen LogP contribution in [0.25, 0.3) is 0 Å². The van der Waals surface area contributed by atoms with Gasteiger partial charge in [-0.3, -0.25) is 4.79 Å². The van der Waals surface area contributed by atoms with Crippen molar-refractivity contribution >= 4 is 12.3 Å². The summed E-state index contributed by atoms with van der Waals surface area (Å²) < 4.78 is 54.8. The second-order valence-electron chi connectivity index (χ2n) is 6.32. The lowest BCUT2D eigenvalue weighted by atomic mass is 9.95. The molecule has 1 aromatic carbocycles. The number of pyridine rings is 1. The highest BCUT2D eigenvalue weighted by Gasteiger charge is 2.34. The summed E-state index contributed by atoms with van der Waals surface area (Å²) in [5.41, 5.74) is -0.357. The van der Waals surface area contributed by atoms with Crippen LogP contribution in [0.15, 0.2) is 36.4 Å². The van der Waals surface area contributed by atoms with E-state index in [9.17, 15) is 22.8 Å². The van der Waals surface area contributed by atoms with Crippen molar-refractivity contribution in [1.82, 2.24) is 4.98 Å². The zero-order chi connectivity index (χ0) is 21.6. The topological polar surface area (TPSA) is 74.7 Å². The molecule has 0 amide bonds. The molecule has 1 aromatic heterocycles. The Morgan fingerprint density at radius 1 is 1.21 bits per heavy atom. The molecule has 156 valence electrons. The first-order valence-electron chi connectivity index (χ1n) is 8.65. The summed E-state index contributed by atoms with van der Waals surface area (Å²) in [6.07, 6.45) is -4.62. The zero-order valence-electron chi connectivity index (χ0n) is 16.0. The zero-order valence-corrected chi connectivity index (χ0v) is 16.0. The third-order valence-electron chi connectivity index (χ3n) is 3.80. The van der Waals surface area contributed by atoms with Gasteiger partial charge < -0.3 is 19.0 Å². The van der Waals surface area contributed by atoms with Crippen molar-refractivity contribution < 1.29 is 37.0 Å². The largest absolute Gasteiger partial charge is 0.489 e. The predicted molar refractivity (Wildman–Crippen MR) is 96.6 cm³/mol. The minimum atomic E-state index is -4.68. The first-order chi connectivity index (χ1) is 13.7. The number of ether oxygens (including phenoxy) is 3. The second kappa shape index (κ2) is 9.40. The van der Waals surface area contributed by atoms with Crippen LogP contribution < -0.4 is 9.47 Å². The molecular weight excluding hydrogens is 391 g/mol. The van der Waals surface area contributed by atoms with E-state index in [1.807, 2.05) is 0 Å². The Bertz CT molecular complexity index is 867. The van der Waals surface area contributed by atoms with Crippen LogP contribution in [0.1, 0.15) is 36.6 Å². The van der Waals surface area contributed by atoms with Crippen molar-refractivity contribution in [2.24, 2.45) is 0 Å². The summed E-state index contributed by atoms with van der Waals surface area (Å²) in [5, 5.41) is 0. The molecule has 0 aliphatic heterocycles. The third kappa shape index (κ3) is 5.94. The van der Waals surface area contributed by atoms with E-state index in [1.165, 1.54) is 6.07 Å². The molecule has 1 unspecified atom stereocenters. The number of hydrogen-bond acceptors (Lipinski definition) is 6. The minimum absolute atomic E-state index is 0.113. The molecule has 1 heterocycles. The van der Waals surface area contributed by atoms with Gasteiger partial charge in [0.1, 0.15) is 24.6 Å².